The molecule has 3 heteroatoms. The van der Waals surface area contributed by atoms with Crippen LogP contribution in [0.3, 0.4) is 0 Å². The maximum absolute atomic E-state index is 12.3. The van der Waals surface area contributed by atoms with Gasteiger partial charge in [0.05, 0.1) is 0 Å². The Morgan fingerprint density at radius 3 is 2.53 bits per heavy atom. The van der Waals surface area contributed by atoms with Crippen LogP contribution in [0.1, 0.15) is 53.4 Å². The lowest BCUT2D eigenvalue weighted by molar-refractivity contribution is -0.128. The van der Waals surface area contributed by atoms with Crippen LogP contribution < -0.4 is 5.32 Å². The lowest BCUT2D eigenvalue weighted by Gasteiger charge is -2.29. The predicted octanol–water partition coefficient (Wildman–Crippen LogP) is 2.34. The molecule has 1 aliphatic carbocycles. The molecule has 2 atom stereocenters. The fraction of sp³-hybridized carbons (Fsp3) is 0.929. The molecule has 0 aromatic heterocycles. The number of carbonyl (C=O) groups is 1. The molecule has 0 aromatic carbocycles. The molecular formula is C14H27NO2. The molecule has 0 heterocycles. The van der Waals surface area contributed by atoms with E-state index in [1.54, 1.807) is 0 Å². The van der Waals surface area contributed by atoms with E-state index >= 15 is 0 Å². The highest BCUT2D eigenvalue weighted by molar-refractivity contribution is 5.80. The first-order valence-corrected chi connectivity index (χ1v) is 6.79. The van der Waals surface area contributed by atoms with E-state index in [1.165, 1.54) is 0 Å². The van der Waals surface area contributed by atoms with Gasteiger partial charge in [0.2, 0.25) is 5.91 Å². The van der Waals surface area contributed by atoms with Gasteiger partial charge in [-0.05, 0) is 30.6 Å². The molecule has 17 heavy (non-hydrogen) atoms. The normalized spacial score (nSPS) is 24.9. The van der Waals surface area contributed by atoms with Crippen molar-refractivity contribution in [1.29, 1.82) is 0 Å². The summed E-state index contributed by atoms with van der Waals surface area (Å²) in [6.45, 7) is 8.67. The molecule has 1 fully saturated rings. The van der Waals surface area contributed by atoms with Gasteiger partial charge in [0.25, 0.3) is 0 Å². The van der Waals surface area contributed by atoms with Gasteiger partial charge >= 0.3 is 0 Å². The fourth-order valence-electron chi connectivity index (χ4n) is 2.81. The molecule has 2 N–H and O–H groups in total. The summed E-state index contributed by atoms with van der Waals surface area (Å²) in [6, 6.07) is 0.101. The van der Waals surface area contributed by atoms with Crippen LogP contribution in [0.2, 0.25) is 0 Å². The molecule has 2 unspecified atom stereocenters. The van der Waals surface area contributed by atoms with E-state index in [4.69, 9.17) is 5.11 Å². The first-order valence-electron chi connectivity index (χ1n) is 6.79. The molecular weight excluding hydrogens is 214 g/mol. The van der Waals surface area contributed by atoms with Crippen molar-refractivity contribution in [2.75, 3.05) is 6.61 Å². The third-order valence-electron chi connectivity index (χ3n) is 4.15. The molecule has 1 amide bonds. The zero-order chi connectivity index (χ0) is 13.1. The summed E-state index contributed by atoms with van der Waals surface area (Å²) in [6.07, 6.45) is 3.94. The zero-order valence-electron chi connectivity index (χ0n) is 11.6. The third-order valence-corrected chi connectivity index (χ3v) is 4.15. The van der Waals surface area contributed by atoms with Crippen LogP contribution in [0.5, 0.6) is 0 Å². The van der Waals surface area contributed by atoms with Crippen molar-refractivity contribution < 1.29 is 9.90 Å². The first kappa shape index (κ1) is 14.5. The van der Waals surface area contributed by atoms with Crippen molar-refractivity contribution in [1.82, 2.24) is 5.32 Å². The SMILES string of the molecule is CC(C)C(CCO)NC(=O)C1CCCC1(C)C. The van der Waals surface area contributed by atoms with Gasteiger partial charge in [-0.15, -0.1) is 0 Å². The minimum Gasteiger partial charge on any atom is -0.396 e. The highest BCUT2D eigenvalue weighted by Gasteiger charge is 2.39. The van der Waals surface area contributed by atoms with Gasteiger partial charge in [-0.3, -0.25) is 4.79 Å². The summed E-state index contributed by atoms with van der Waals surface area (Å²) < 4.78 is 0. The fourth-order valence-corrected chi connectivity index (χ4v) is 2.81. The number of aliphatic hydroxyl groups is 1. The largest absolute Gasteiger partial charge is 0.396 e. The minimum absolute atomic E-state index is 0.101. The highest BCUT2D eigenvalue weighted by Crippen LogP contribution is 2.42. The van der Waals surface area contributed by atoms with Gasteiger partial charge in [-0.25, -0.2) is 0 Å². The van der Waals surface area contributed by atoms with Gasteiger partial charge in [0, 0.05) is 18.6 Å². The molecule has 0 aliphatic heterocycles. The van der Waals surface area contributed by atoms with Gasteiger partial charge in [-0.2, -0.15) is 0 Å². The molecule has 100 valence electrons. The summed E-state index contributed by atoms with van der Waals surface area (Å²) in [4.78, 5) is 12.3. The lowest BCUT2D eigenvalue weighted by atomic mass is 9.81. The Bertz CT molecular complexity index is 261. The molecule has 1 aliphatic rings. The Balaban J connectivity index is 2.58. The summed E-state index contributed by atoms with van der Waals surface area (Å²) in [5.74, 6) is 0.692. The van der Waals surface area contributed by atoms with Gasteiger partial charge in [0.1, 0.15) is 0 Å². The monoisotopic (exact) mass is 241 g/mol. The van der Waals surface area contributed by atoms with Crippen LogP contribution >= 0.6 is 0 Å². The quantitative estimate of drug-likeness (QED) is 0.776. The van der Waals surface area contributed by atoms with Crippen LogP contribution in [-0.4, -0.2) is 23.7 Å². The molecule has 3 nitrogen and oxygen atoms in total. The standard InChI is InChI=1S/C14H27NO2/c1-10(2)12(7-9-16)15-13(17)11-6-5-8-14(11,3)4/h10-12,16H,5-9H2,1-4H3,(H,15,17). The van der Waals surface area contributed by atoms with Gasteiger partial charge in [0.15, 0.2) is 0 Å². The van der Waals surface area contributed by atoms with E-state index in [0.29, 0.717) is 12.3 Å². The van der Waals surface area contributed by atoms with Crippen LogP contribution in [0.4, 0.5) is 0 Å². The Hall–Kier alpha value is -0.570. The number of amides is 1. The second-order valence-electron chi connectivity index (χ2n) is 6.30. The third kappa shape index (κ3) is 3.70. The Morgan fingerprint density at radius 2 is 2.12 bits per heavy atom. The number of nitrogens with one attached hydrogen (secondary N) is 1. The molecule has 0 saturated heterocycles. The first-order chi connectivity index (χ1) is 7.88. The average Bonchev–Trinajstić information content (AvgIpc) is 2.57. The number of aliphatic hydroxyl groups excluding tert-OH is 1. The van der Waals surface area contributed by atoms with Crippen molar-refractivity contribution in [3.05, 3.63) is 0 Å². The molecule has 0 aromatic rings. The maximum Gasteiger partial charge on any atom is 0.223 e. The molecule has 1 saturated carbocycles. The summed E-state index contributed by atoms with van der Waals surface area (Å²) in [5.41, 5.74) is 0.130. The van der Waals surface area contributed by atoms with Crippen molar-refractivity contribution in [3.63, 3.8) is 0 Å². The topological polar surface area (TPSA) is 49.3 Å². The second-order valence-corrected chi connectivity index (χ2v) is 6.30. The average molecular weight is 241 g/mol. The van der Waals surface area contributed by atoms with Crippen molar-refractivity contribution >= 4 is 5.91 Å². The summed E-state index contributed by atoms with van der Waals surface area (Å²) in [7, 11) is 0. The highest BCUT2D eigenvalue weighted by atomic mass is 16.3. The molecule has 0 radical (unpaired) electrons. The Morgan fingerprint density at radius 1 is 1.47 bits per heavy atom. The van der Waals surface area contributed by atoms with E-state index in [2.05, 4.69) is 33.0 Å². The number of rotatable bonds is 5. The maximum atomic E-state index is 12.3. The second kappa shape index (κ2) is 5.85. The number of hydrogen-bond donors (Lipinski definition) is 2. The van der Waals surface area contributed by atoms with Crippen molar-refractivity contribution in [2.45, 2.75) is 59.4 Å². The van der Waals surface area contributed by atoms with Crippen LogP contribution in [0.25, 0.3) is 0 Å². The Kier molecular flexibility index (Phi) is 4.99. The van der Waals surface area contributed by atoms with E-state index in [-0.39, 0.29) is 29.9 Å². The molecule has 1 rings (SSSR count). The van der Waals surface area contributed by atoms with E-state index in [9.17, 15) is 4.79 Å². The molecule has 0 bridgehead atoms. The van der Waals surface area contributed by atoms with Crippen molar-refractivity contribution in [2.24, 2.45) is 17.3 Å². The van der Waals surface area contributed by atoms with E-state index in [0.717, 1.165) is 19.3 Å². The summed E-state index contributed by atoms with van der Waals surface area (Å²) in [5, 5.41) is 12.1. The van der Waals surface area contributed by atoms with Crippen LogP contribution in [0.15, 0.2) is 0 Å². The lowest BCUT2D eigenvalue weighted by Crippen LogP contribution is -2.44. The smallest absolute Gasteiger partial charge is 0.223 e. The van der Waals surface area contributed by atoms with Gasteiger partial charge in [-0.1, -0.05) is 34.1 Å². The minimum atomic E-state index is 0.101. The predicted molar refractivity (Wildman–Crippen MR) is 69.6 cm³/mol. The van der Waals surface area contributed by atoms with Crippen LogP contribution in [0, 0.1) is 17.3 Å². The van der Waals surface area contributed by atoms with E-state index in [1.807, 2.05) is 0 Å². The van der Waals surface area contributed by atoms with Crippen LogP contribution in [-0.2, 0) is 4.79 Å². The number of carbonyl (C=O) groups excluding carboxylic acids is 1. The summed E-state index contributed by atoms with van der Waals surface area (Å²) >= 11 is 0. The zero-order valence-corrected chi connectivity index (χ0v) is 11.6. The van der Waals surface area contributed by atoms with Gasteiger partial charge < -0.3 is 10.4 Å². The Labute approximate surface area is 105 Å². The van der Waals surface area contributed by atoms with E-state index < -0.39 is 0 Å². The number of hydrogen-bond acceptors (Lipinski definition) is 2. The van der Waals surface area contributed by atoms with Crippen molar-refractivity contribution in [3.8, 4) is 0 Å². The molecule has 0 spiro atoms.